The topological polar surface area (TPSA) is 68.9 Å². The van der Waals surface area contributed by atoms with Gasteiger partial charge in [-0.05, 0) is 13.0 Å². The molecule has 0 fully saturated rings. The van der Waals surface area contributed by atoms with Crippen LogP contribution in [-0.2, 0) is 0 Å². The zero-order chi connectivity index (χ0) is 10.1. The van der Waals surface area contributed by atoms with E-state index in [-0.39, 0.29) is 5.69 Å². The molecule has 2 heterocycles. The van der Waals surface area contributed by atoms with Crippen molar-refractivity contribution in [3.05, 3.63) is 40.5 Å². The number of nitrogens with zero attached hydrogens (tertiary/aromatic N) is 3. The summed E-state index contributed by atoms with van der Waals surface area (Å²) in [5.41, 5.74) is 0.770. The lowest BCUT2D eigenvalue weighted by molar-refractivity contribution is -0.383. The van der Waals surface area contributed by atoms with Crippen LogP contribution in [0.5, 0.6) is 0 Å². The van der Waals surface area contributed by atoms with E-state index in [4.69, 9.17) is 0 Å². The number of hydrogen-bond acceptors (Lipinski definition) is 4. The molecular formula is C9H7N3O2. The molecule has 0 radical (unpaired) electrons. The summed E-state index contributed by atoms with van der Waals surface area (Å²) >= 11 is 0. The normalized spacial score (nSPS) is 10.4. The quantitative estimate of drug-likeness (QED) is 0.507. The van der Waals surface area contributed by atoms with Gasteiger partial charge in [0.05, 0.1) is 10.3 Å². The Balaban J connectivity index is 2.88. The minimum atomic E-state index is -0.436. The minimum absolute atomic E-state index is 0.0213. The molecule has 14 heavy (non-hydrogen) atoms. The van der Waals surface area contributed by atoms with Crippen LogP contribution in [0.4, 0.5) is 5.69 Å². The number of hydrogen-bond donors (Lipinski definition) is 0. The van der Waals surface area contributed by atoms with E-state index in [1.165, 1.54) is 6.20 Å². The molecular weight excluding hydrogens is 182 g/mol. The van der Waals surface area contributed by atoms with Crippen molar-refractivity contribution in [1.82, 2.24) is 9.97 Å². The van der Waals surface area contributed by atoms with E-state index in [9.17, 15) is 10.1 Å². The second kappa shape index (κ2) is 3.02. The molecule has 0 saturated heterocycles. The van der Waals surface area contributed by atoms with Gasteiger partial charge in [0, 0.05) is 23.5 Å². The SMILES string of the molecule is Cc1nccc2c([N+](=O)[O-])cncc12. The standard InChI is InChI=1S/C9H7N3O2/c1-6-8-4-10-5-9(12(13)14)7(8)2-3-11-6/h2-5H,1H3. The molecule has 2 aromatic heterocycles. The van der Waals surface area contributed by atoms with E-state index in [1.807, 2.05) is 0 Å². The number of aromatic nitrogens is 2. The van der Waals surface area contributed by atoms with Crippen molar-refractivity contribution in [3.63, 3.8) is 0 Å². The lowest BCUT2D eigenvalue weighted by Gasteiger charge is -2.00. The van der Waals surface area contributed by atoms with Crippen LogP contribution >= 0.6 is 0 Å². The highest BCUT2D eigenvalue weighted by molar-refractivity contribution is 5.90. The number of pyridine rings is 2. The Bertz CT molecular complexity index is 510. The fourth-order valence-corrected chi connectivity index (χ4v) is 1.36. The van der Waals surface area contributed by atoms with Gasteiger partial charge < -0.3 is 0 Å². The van der Waals surface area contributed by atoms with Crippen LogP contribution in [0.1, 0.15) is 5.69 Å². The second-order valence-corrected chi connectivity index (χ2v) is 2.91. The molecule has 0 N–H and O–H groups in total. The second-order valence-electron chi connectivity index (χ2n) is 2.91. The van der Waals surface area contributed by atoms with Crippen LogP contribution in [0.15, 0.2) is 24.7 Å². The van der Waals surface area contributed by atoms with Crippen LogP contribution in [0, 0.1) is 17.0 Å². The molecule has 0 aliphatic rings. The molecule has 0 bridgehead atoms. The average Bonchev–Trinajstić information content (AvgIpc) is 2.17. The van der Waals surface area contributed by atoms with Gasteiger partial charge in [0.1, 0.15) is 6.20 Å². The van der Waals surface area contributed by atoms with E-state index < -0.39 is 4.92 Å². The molecule has 5 nitrogen and oxygen atoms in total. The van der Waals surface area contributed by atoms with E-state index in [0.29, 0.717) is 5.39 Å². The van der Waals surface area contributed by atoms with Gasteiger partial charge in [-0.25, -0.2) is 0 Å². The first-order chi connectivity index (χ1) is 6.70. The smallest absolute Gasteiger partial charge is 0.261 e. The van der Waals surface area contributed by atoms with E-state index in [1.54, 1.807) is 25.4 Å². The molecule has 0 atom stereocenters. The summed E-state index contributed by atoms with van der Waals surface area (Å²) in [6, 6.07) is 1.63. The van der Waals surface area contributed by atoms with Gasteiger partial charge in [-0.15, -0.1) is 0 Å². The summed E-state index contributed by atoms with van der Waals surface area (Å²) in [5, 5.41) is 12.0. The van der Waals surface area contributed by atoms with Gasteiger partial charge in [-0.3, -0.25) is 20.1 Å². The summed E-state index contributed by atoms with van der Waals surface area (Å²) in [5.74, 6) is 0. The van der Waals surface area contributed by atoms with Gasteiger partial charge in [-0.2, -0.15) is 0 Å². The van der Waals surface area contributed by atoms with Gasteiger partial charge in [-0.1, -0.05) is 0 Å². The van der Waals surface area contributed by atoms with Crippen LogP contribution in [0.25, 0.3) is 10.8 Å². The Kier molecular flexibility index (Phi) is 1.85. The molecule has 70 valence electrons. The van der Waals surface area contributed by atoms with E-state index >= 15 is 0 Å². The van der Waals surface area contributed by atoms with Crippen molar-refractivity contribution in [1.29, 1.82) is 0 Å². The number of fused-ring (bicyclic) bond motifs is 1. The third-order valence-electron chi connectivity index (χ3n) is 2.06. The Labute approximate surface area is 79.6 Å². The first-order valence-corrected chi connectivity index (χ1v) is 4.04. The molecule has 2 rings (SSSR count). The van der Waals surface area contributed by atoms with Gasteiger partial charge in [0.25, 0.3) is 5.69 Å². The third-order valence-corrected chi connectivity index (χ3v) is 2.06. The van der Waals surface area contributed by atoms with Crippen LogP contribution < -0.4 is 0 Å². The molecule has 0 aliphatic heterocycles. The fourth-order valence-electron chi connectivity index (χ4n) is 1.36. The summed E-state index contributed by atoms with van der Waals surface area (Å²) in [6.45, 7) is 1.80. The molecule has 0 spiro atoms. The predicted molar refractivity (Wildman–Crippen MR) is 50.9 cm³/mol. The first-order valence-electron chi connectivity index (χ1n) is 4.04. The monoisotopic (exact) mass is 189 g/mol. The molecule has 0 aliphatic carbocycles. The summed E-state index contributed by atoms with van der Waals surface area (Å²) < 4.78 is 0. The lowest BCUT2D eigenvalue weighted by atomic mass is 10.1. The van der Waals surface area contributed by atoms with Crippen LogP contribution in [0.3, 0.4) is 0 Å². The molecule has 5 heteroatoms. The van der Waals surface area contributed by atoms with Crippen LogP contribution in [-0.4, -0.2) is 14.9 Å². The number of nitro groups is 1. The van der Waals surface area contributed by atoms with Crippen molar-refractivity contribution in [2.24, 2.45) is 0 Å². The van der Waals surface area contributed by atoms with Crippen molar-refractivity contribution in [2.45, 2.75) is 6.92 Å². The molecule has 2 aromatic rings. The Morgan fingerprint density at radius 1 is 1.36 bits per heavy atom. The Hall–Kier alpha value is -2.04. The maximum atomic E-state index is 10.7. The lowest BCUT2D eigenvalue weighted by Crippen LogP contribution is -1.92. The number of rotatable bonds is 1. The molecule has 0 unspecified atom stereocenters. The molecule has 0 aromatic carbocycles. The van der Waals surface area contributed by atoms with Crippen molar-refractivity contribution in [2.75, 3.05) is 0 Å². The van der Waals surface area contributed by atoms with Crippen molar-refractivity contribution < 1.29 is 4.92 Å². The molecule has 0 amide bonds. The highest BCUT2D eigenvalue weighted by atomic mass is 16.6. The summed E-state index contributed by atoms with van der Waals surface area (Å²) in [4.78, 5) is 18.1. The zero-order valence-electron chi connectivity index (χ0n) is 7.47. The van der Waals surface area contributed by atoms with Crippen LogP contribution in [0.2, 0.25) is 0 Å². The van der Waals surface area contributed by atoms with Crippen molar-refractivity contribution >= 4 is 16.5 Å². The Morgan fingerprint density at radius 2 is 2.14 bits per heavy atom. The van der Waals surface area contributed by atoms with Gasteiger partial charge in [0.2, 0.25) is 0 Å². The Morgan fingerprint density at radius 3 is 2.86 bits per heavy atom. The van der Waals surface area contributed by atoms with E-state index in [0.717, 1.165) is 11.1 Å². The molecule has 0 saturated carbocycles. The largest absolute Gasteiger partial charge is 0.295 e. The number of aryl methyl sites for hydroxylation is 1. The third kappa shape index (κ3) is 1.19. The predicted octanol–water partition coefficient (Wildman–Crippen LogP) is 1.85. The maximum absolute atomic E-state index is 10.7. The highest BCUT2D eigenvalue weighted by Gasteiger charge is 2.12. The van der Waals surface area contributed by atoms with Gasteiger partial charge >= 0.3 is 0 Å². The summed E-state index contributed by atoms with van der Waals surface area (Å²) in [6.07, 6.45) is 4.40. The van der Waals surface area contributed by atoms with E-state index in [2.05, 4.69) is 9.97 Å². The average molecular weight is 189 g/mol. The zero-order valence-corrected chi connectivity index (χ0v) is 7.47. The van der Waals surface area contributed by atoms with Crippen molar-refractivity contribution in [3.8, 4) is 0 Å². The van der Waals surface area contributed by atoms with Gasteiger partial charge in [0.15, 0.2) is 0 Å². The summed E-state index contributed by atoms with van der Waals surface area (Å²) in [7, 11) is 0. The highest BCUT2D eigenvalue weighted by Crippen LogP contribution is 2.24. The minimum Gasteiger partial charge on any atom is -0.261 e. The fraction of sp³-hybridized carbons (Fsp3) is 0.111. The first kappa shape index (κ1) is 8.55. The maximum Gasteiger partial charge on any atom is 0.295 e.